The van der Waals surface area contributed by atoms with Crippen molar-refractivity contribution in [2.45, 2.75) is 27.7 Å². The van der Waals surface area contributed by atoms with E-state index < -0.39 is 0 Å². The van der Waals surface area contributed by atoms with Crippen LogP contribution in [0.5, 0.6) is 0 Å². The van der Waals surface area contributed by atoms with Crippen molar-refractivity contribution in [3.63, 3.8) is 0 Å². The molecule has 0 fully saturated rings. The Labute approximate surface area is 74.3 Å². The van der Waals surface area contributed by atoms with Crippen LogP contribution in [-0.4, -0.2) is 19.1 Å². The number of rotatable bonds is 3. The molecule has 0 saturated carbocycles. The highest BCUT2D eigenvalue weighted by molar-refractivity contribution is 5.73. The molecular weight excluding hydrogens is 154 g/mol. The van der Waals surface area contributed by atoms with Crippen LogP contribution >= 0.6 is 0 Å². The fraction of sp³-hybridized carbons (Fsp3) is 0.889. The largest absolute Gasteiger partial charge is 0.466 e. The maximum Gasteiger partial charge on any atom is 0.310 e. The highest BCUT2D eigenvalue weighted by Gasteiger charge is 2.30. The number of carbonyl (C=O) groups excluding carboxylic acids is 1. The van der Waals surface area contributed by atoms with Crippen molar-refractivity contribution in [1.82, 2.24) is 0 Å². The van der Waals surface area contributed by atoms with Crippen LogP contribution in [0.4, 0.5) is 0 Å². The van der Waals surface area contributed by atoms with Crippen LogP contribution in [0.15, 0.2) is 0 Å². The van der Waals surface area contributed by atoms with Crippen LogP contribution in [0, 0.1) is 11.3 Å². The lowest BCUT2D eigenvalue weighted by molar-refractivity contribution is -0.151. The zero-order valence-electron chi connectivity index (χ0n) is 8.39. The third kappa shape index (κ3) is 3.22. The first-order valence-electron chi connectivity index (χ1n) is 4.30. The van der Waals surface area contributed by atoms with Crippen LogP contribution in [0.3, 0.4) is 0 Å². The molecule has 0 bridgehead atoms. The number of hydrogen-bond donors (Lipinski definition) is 1. The minimum atomic E-state index is -0.197. The van der Waals surface area contributed by atoms with Gasteiger partial charge in [-0.2, -0.15) is 0 Å². The van der Waals surface area contributed by atoms with Crippen LogP contribution in [-0.2, 0) is 9.53 Å². The van der Waals surface area contributed by atoms with Gasteiger partial charge in [-0.3, -0.25) is 4.79 Å². The Bertz CT molecular complexity index is 149. The van der Waals surface area contributed by atoms with Crippen LogP contribution < -0.4 is 5.73 Å². The fourth-order valence-electron chi connectivity index (χ4n) is 1.05. The Morgan fingerprint density at radius 3 is 2.25 bits per heavy atom. The minimum absolute atomic E-state index is 0.110. The van der Waals surface area contributed by atoms with E-state index in [-0.39, 0.29) is 17.3 Å². The van der Waals surface area contributed by atoms with E-state index in [4.69, 9.17) is 10.5 Å². The molecule has 0 radical (unpaired) electrons. The standard InChI is InChI=1S/C9H19NO2/c1-5-12-8(11)7(6-10)9(2,3)4/h7H,5-6,10H2,1-4H3. The minimum Gasteiger partial charge on any atom is -0.466 e. The SMILES string of the molecule is CCOC(=O)C(CN)C(C)(C)C. The molecule has 0 aliphatic carbocycles. The molecule has 0 aromatic carbocycles. The summed E-state index contributed by atoms with van der Waals surface area (Å²) in [5, 5.41) is 0. The van der Waals surface area contributed by atoms with Gasteiger partial charge < -0.3 is 10.5 Å². The summed E-state index contributed by atoms with van der Waals surface area (Å²) in [5.74, 6) is -0.384. The zero-order chi connectivity index (χ0) is 9.78. The summed E-state index contributed by atoms with van der Waals surface area (Å²) in [6, 6.07) is 0. The Morgan fingerprint density at radius 2 is 2.00 bits per heavy atom. The molecule has 3 heteroatoms. The van der Waals surface area contributed by atoms with Crippen molar-refractivity contribution in [1.29, 1.82) is 0 Å². The maximum atomic E-state index is 11.3. The van der Waals surface area contributed by atoms with E-state index in [1.54, 1.807) is 6.92 Å². The van der Waals surface area contributed by atoms with Gasteiger partial charge in [0.15, 0.2) is 0 Å². The zero-order valence-corrected chi connectivity index (χ0v) is 8.39. The second-order valence-electron chi connectivity index (χ2n) is 3.91. The van der Waals surface area contributed by atoms with Gasteiger partial charge in [-0.1, -0.05) is 20.8 Å². The van der Waals surface area contributed by atoms with E-state index in [0.29, 0.717) is 13.2 Å². The summed E-state index contributed by atoms with van der Waals surface area (Å²) < 4.78 is 4.90. The van der Waals surface area contributed by atoms with Gasteiger partial charge in [0, 0.05) is 6.54 Å². The van der Waals surface area contributed by atoms with Crippen molar-refractivity contribution >= 4 is 5.97 Å². The van der Waals surface area contributed by atoms with Gasteiger partial charge >= 0.3 is 5.97 Å². The average molecular weight is 173 g/mol. The van der Waals surface area contributed by atoms with E-state index >= 15 is 0 Å². The van der Waals surface area contributed by atoms with Gasteiger partial charge in [0.2, 0.25) is 0 Å². The molecule has 0 saturated heterocycles. The quantitative estimate of drug-likeness (QED) is 0.652. The summed E-state index contributed by atoms with van der Waals surface area (Å²) in [7, 11) is 0. The van der Waals surface area contributed by atoms with Crippen LogP contribution in [0.1, 0.15) is 27.7 Å². The van der Waals surface area contributed by atoms with Crippen molar-refractivity contribution in [3.05, 3.63) is 0 Å². The molecule has 0 spiro atoms. The van der Waals surface area contributed by atoms with Gasteiger partial charge in [-0.15, -0.1) is 0 Å². The van der Waals surface area contributed by atoms with Gasteiger partial charge in [-0.05, 0) is 12.3 Å². The molecule has 12 heavy (non-hydrogen) atoms. The number of hydrogen-bond acceptors (Lipinski definition) is 3. The van der Waals surface area contributed by atoms with Crippen LogP contribution in [0.2, 0.25) is 0 Å². The number of carbonyl (C=O) groups is 1. The molecule has 2 N–H and O–H groups in total. The molecule has 1 atom stereocenters. The topological polar surface area (TPSA) is 52.3 Å². The molecule has 1 unspecified atom stereocenters. The lowest BCUT2D eigenvalue weighted by atomic mass is 9.81. The average Bonchev–Trinajstić information content (AvgIpc) is 1.85. The highest BCUT2D eigenvalue weighted by atomic mass is 16.5. The van der Waals surface area contributed by atoms with Crippen molar-refractivity contribution in [2.24, 2.45) is 17.1 Å². The lowest BCUT2D eigenvalue weighted by Gasteiger charge is -2.27. The van der Waals surface area contributed by atoms with E-state index in [0.717, 1.165) is 0 Å². The molecular formula is C9H19NO2. The molecule has 0 aromatic rings. The molecule has 0 rings (SSSR count). The number of esters is 1. The third-order valence-corrected chi connectivity index (χ3v) is 1.85. The first kappa shape index (κ1) is 11.4. The van der Waals surface area contributed by atoms with E-state index in [2.05, 4.69) is 0 Å². The van der Waals surface area contributed by atoms with Gasteiger partial charge in [0.1, 0.15) is 0 Å². The molecule has 0 heterocycles. The van der Waals surface area contributed by atoms with E-state index in [1.165, 1.54) is 0 Å². The first-order chi connectivity index (χ1) is 5.43. The fourth-order valence-corrected chi connectivity index (χ4v) is 1.05. The predicted octanol–water partition coefficient (Wildman–Crippen LogP) is 1.17. The molecule has 0 aliphatic heterocycles. The summed E-state index contributed by atoms with van der Waals surface area (Å²) >= 11 is 0. The third-order valence-electron chi connectivity index (χ3n) is 1.85. The van der Waals surface area contributed by atoms with E-state index in [1.807, 2.05) is 20.8 Å². The van der Waals surface area contributed by atoms with Crippen molar-refractivity contribution < 1.29 is 9.53 Å². The summed E-state index contributed by atoms with van der Waals surface area (Å²) in [6.45, 7) is 8.53. The monoisotopic (exact) mass is 173 g/mol. The van der Waals surface area contributed by atoms with Gasteiger partial charge in [-0.25, -0.2) is 0 Å². The molecule has 0 amide bonds. The van der Waals surface area contributed by atoms with Gasteiger partial charge in [0.05, 0.1) is 12.5 Å². The highest BCUT2D eigenvalue weighted by Crippen LogP contribution is 2.25. The van der Waals surface area contributed by atoms with Crippen molar-refractivity contribution in [2.75, 3.05) is 13.2 Å². The normalized spacial score (nSPS) is 14.1. The summed E-state index contributed by atoms with van der Waals surface area (Å²) in [6.07, 6.45) is 0. The Kier molecular flexibility index (Phi) is 4.24. The van der Waals surface area contributed by atoms with E-state index in [9.17, 15) is 4.79 Å². The molecule has 0 aliphatic rings. The van der Waals surface area contributed by atoms with Gasteiger partial charge in [0.25, 0.3) is 0 Å². The second-order valence-corrected chi connectivity index (χ2v) is 3.91. The molecule has 0 aromatic heterocycles. The Hall–Kier alpha value is -0.570. The Balaban J connectivity index is 4.25. The van der Waals surface area contributed by atoms with Crippen LogP contribution in [0.25, 0.3) is 0 Å². The predicted molar refractivity (Wildman–Crippen MR) is 48.6 cm³/mol. The maximum absolute atomic E-state index is 11.3. The molecule has 72 valence electrons. The summed E-state index contributed by atoms with van der Waals surface area (Å²) in [4.78, 5) is 11.3. The van der Waals surface area contributed by atoms with Crippen molar-refractivity contribution in [3.8, 4) is 0 Å². The first-order valence-corrected chi connectivity index (χ1v) is 4.30. The lowest BCUT2D eigenvalue weighted by Crippen LogP contribution is -2.36. The number of ether oxygens (including phenoxy) is 1. The molecule has 3 nitrogen and oxygen atoms in total. The Morgan fingerprint density at radius 1 is 1.50 bits per heavy atom. The number of nitrogens with two attached hydrogens (primary N) is 1. The second kappa shape index (κ2) is 4.45. The summed E-state index contributed by atoms with van der Waals surface area (Å²) in [5.41, 5.74) is 5.38. The smallest absolute Gasteiger partial charge is 0.310 e.